The molecule has 5 heteroatoms. The van der Waals surface area contributed by atoms with E-state index < -0.39 is 0 Å². The van der Waals surface area contributed by atoms with Crippen LogP contribution in [0.5, 0.6) is 5.75 Å². The third kappa shape index (κ3) is 3.10. The van der Waals surface area contributed by atoms with Crippen molar-refractivity contribution in [3.8, 4) is 5.75 Å². The van der Waals surface area contributed by atoms with E-state index in [2.05, 4.69) is 26.3 Å². The highest BCUT2D eigenvalue weighted by Gasteiger charge is 2.13. The molecule has 0 radical (unpaired) electrons. The zero-order chi connectivity index (χ0) is 13.1. The van der Waals surface area contributed by atoms with Gasteiger partial charge in [0.15, 0.2) is 0 Å². The lowest BCUT2D eigenvalue weighted by Gasteiger charge is -2.14. The van der Waals surface area contributed by atoms with E-state index in [0.717, 1.165) is 32.9 Å². The zero-order valence-electron chi connectivity index (χ0n) is 10.3. The molecule has 0 amide bonds. The van der Waals surface area contributed by atoms with Gasteiger partial charge in [-0.1, -0.05) is 15.9 Å². The molecule has 1 atom stereocenters. The molecule has 0 bridgehead atoms. The summed E-state index contributed by atoms with van der Waals surface area (Å²) in [6, 6.07) is 5.75. The summed E-state index contributed by atoms with van der Waals surface area (Å²) < 4.78 is 6.23. The highest BCUT2D eigenvalue weighted by Crippen LogP contribution is 2.28. The van der Waals surface area contributed by atoms with Gasteiger partial charge >= 0.3 is 0 Å². The lowest BCUT2D eigenvalue weighted by atomic mass is 10.0. The van der Waals surface area contributed by atoms with Crippen LogP contribution in [-0.4, -0.2) is 12.1 Å². The lowest BCUT2D eigenvalue weighted by molar-refractivity contribution is 0.413. The molecule has 3 nitrogen and oxygen atoms in total. The van der Waals surface area contributed by atoms with Crippen molar-refractivity contribution in [2.24, 2.45) is 5.73 Å². The van der Waals surface area contributed by atoms with E-state index in [0.29, 0.717) is 0 Å². The van der Waals surface area contributed by atoms with Gasteiger partial charge in [0.2, 0.25) is 0 Å². The fraction of sp³-hybridized carbons (Fsp3) is 0.308. The van der Waals surface area contributed by atoms with Crippen LogP contribution in [0, 0.1) is 6.92 Å². The highest BCUT2D eigenvalue weighted by molar-refractivity contribution is 9.10. The van der Waals surface area contributed by atoms with Crippen molar-refractivity contribution in [3.63, 3.8) is 0 Å². The first-order chi connectivity index (χ1) is 8.60. The maximum atomic E-state index is 6.24. The Morgan fingerprint density at radius 3 is 2.89 bits per heavy atom. The molecule has 2 rings (SSSR count). The van der Waals surface area contributed by atoms with Gasteiger partial charge in [0.1, 0.15) is 5.75 Å². The van der Waals surface area contributed by atoms with E-state index in [-0.39, 0.29) is 6.04 Å². The molecule has 1 aromatic heterocycles. The molecule has 1 heterocycles. The van der Waals surface area contributed by atoms with Crippen molar-refractivity contribution < 1.29 is 4.74 Å². The molecule has 0 aliphatic carbocycles. The van der Waals surface area contributed by atoms with E-state index >= 15 is 0 Å². The molecule has 18 heavy (non-hydrogen) atoms. The predicted octanol–water partition coefficient (Wildman–Crippen LogP) is 3.47. The Labute approximate surface area is 119 Å². The van der Waals surface area contributed by atoms with E-state index in [1.165, 1.54) is 0 Å². The first-order valence-electron chi connectivity index (χ1n) is 5.60. The monoisotopic (exact) mass is 326 g/mol. The van der Waals surface area contributed by atoms with Gasteiger partial charge in [0.25, 0.3) is 0 Å². The highest BCUT2D eigenvalue weighted by atomic mass is 79.9. The fourth-order valence-electron chi connectivity index (χ4n) is 1.77. The molecule has 96 valence electrons. The maximum Gasteiger partial charge on any atom is 0.119 e. The van der Waals surface area contributed by atoms with E-state index in [9.17, 15) is 0 Å². The predicted molar refractivity (Wildman–Crippen MR) is 78.2 cm³/mol. The summed E-state index contributed by atoms with van der Waals surface area (Å²) in [7, 11) is 1.66. The minimum atomic E-state index is -0.0871. The SMILES string of the molecule is COc1ccc(Br)c(C(N)Cc2csc(C)n2)c1. The van der Waals surface area contributed by atoms with Crippen LogP contribution < -0.4 is 10.5 Å². The summed E-state index contributed by atoms with van der Waals surface area (Å²) in [5.41, 5.74) is 8.32. The largest absolute Gasteiger partial charge is 0.497 e. The number of rotatable bonds is 4. The number of nitrogens with two attached hydrogens (primary N) is 1. The number of aromatic nitrogens is 1. The van der Waals surface area contributed by atoms with Crippen molar-refractivity contribution >= 4 is 27.3 Å². The van der Waals surface area contributed by atoms with Crippen molar-refractivity contribution in [2.75, 3.05) is 7.11 Å². The Morgan fingerprint density at radius 2 is 2.28 bits per heavy atom. The van der Waals surface area contributed by atoms with Crippen LogP contribution in [0.15, 0.2) is 28.1 Å². The molecule has 0 spiro atoms. The Kier molecular flexibility index (Phi) is 4.37. The van der Waals surface area contributed by atoms with Crippen LogP contribution in [0.2, 0.25) is 0 Å². The van der Waals surface area contributed by atoms with Gasteiger partial charge in [-0.2, -0.15) is 0 Å². The molecule has 0 saturated carbocycles. The Bertz CT molecular complexity index is 542. The minimum Gasteiger partial charge on any atom is -0.497 e. The molecule has 0 aliphatic rings. The number of ether oxygens (including phenoxy) is 1. The average molecular weight is 327 g/mol. The van der Waals surface area contributed by atoms with Crippen LogP contribution in [0.1, 0.15) is 22.3 Å². The molecule has 0 saturated heterocycles. The van der Waals surface area contributed by atoms with Crippen LogP contribution in [0.25, 0.3) is 0 Å². The van der Waals surface area contributed by atoms with E-state index in [1.54, 1.807) is 18.4 Å². The number of halogens is 1. The first-order valence-corrected chi connectivity index (χ1v) is 7.27. The van der Waals surface area contributed by atoms with Crippen LogP contribution in [0.4, 0.5) is 0 Å². The van der Waals surface area contributed by atoms with Crippen LogP contribution in [0.3, 0.4) is 0 Å². The number of benzene rings is 1. The van der Waals surface area contributed by atoms with E-state index in [1.807, 2.05) is 25.1 Å². The Hall–Kier alpha value is -0.910. The molecular weight excluding hydrogens is 312 g/mol. The molecular formula is C13H15BrN2OS. The Balaban J connectivity index is 2.20. The molecule has 2 N–H and O–H groups in total. The summed E-state index contributed by atoms with van der Waals surface area (Å²) in [5, 5.41) is 3.13. The van der Waals surface area contributed by atoms with E-state index in [4.69, 9.17) is 10.5 Å². The average Bonchev–Trinajstić information content (AvgIpc) is 2.75. The number of nitrogens with zero attached hydrogens (tertiary/aromatic N) is 1. The van der Waals surface area contributed by atoms with Crippen molar-refractivity contribution in [1.29, 1.82) is 0 Å². The second-order valence-corrected chi connectivity index (χ2v) is 5.97. The fourth-order valence-corrected chi connectivity index (χ4v) is 2.94. The van der Waals surface area contributed by atoms with Crippen molar-refractivity contribution in [1.82, 2.24) is 4.98 Å². The number of hydrogen-bond acceptors (Lipinski definition) is 4. The number of hydrogen-bond donors (Lipinski definition) is 1. The van der Waals surface area contributed by atoms with Crippen LogP contribution in [-0.2, 0) is 6.42 Å². The molecule has 1 unspecified atom stereocenters. The second kappa shape index (κ2) is 5.82. The number of aryl methyl sites for hydroxylation is 1. The van der Waals surface area contributed by atoms with Gasteiger partial charge in [-0.3, -0.25) is 0 Å². The zero-order valence-corrected chi connectivity index (χ0v) is 12.7. The van der Waals surface area contributed by atoms with Gasteiger partial charge in [-0.25, -0.2) is 4.98 Å². The summed E-state index contributed by atoms with van der Waals surface area (Å²) in [5.74, 6) is 0.818. The van der Waals surface area contributed by atoms with Gasteiger partial charge < -0.3 is 10.5 Å². The second-order valence-electron chi connectivity index (χ2n) is 4.06. The summed E-state index contributed by atoms with van der Waals surface area (Å²) >= 11 is 5.18. The molecule has 0 fully saturated rings. The smallest absolute Gasteiger partial charge is 0.119 e. The van der Waals surface area contributed by atoms with Crippen LogP contribution >= 0.6 is 27.3 Å². The van der Waals surface area contributed by atoms with Crippen molar-refractivity contribution in [3.05, 3.63) is 44.3 Å². The Morgan fingerprint density at radius 1 is 1.50 bits per heavy atom. The normalized spacial score (nSPS) is 12.4. The van der Waals surface area contributed by atoms with Gasteiger partial charge in [-0.05, 0) is 30.7 Å². The lowest BCUT2D eigenvalue weighted by Crippen LogP contribution is -2.14. The summed E-state index contributed by atoms with van der Waals surface area (Å²) in [4.78, 5) is 4.44. The quantitative estimate of drug-likeness (QED) is 0.935. The topological polar surface area (TPSA) is 48.1 Å². The first kappa shape index (κ1) is 13.5. The summed E-state index contributed by atoms with van der Waals surface area (Å²) in [6.07, 6.45) is 0.732. The summed E-state index contributed by atoms with van der Waals surface area (Å²) in [6.45, 7) is 2.00. The third-order valence-electron chi connectivity index (χ3n) is 2.70. The van der Waals surface area contributed by atoms with Gasteiger partial charge in [0, 0.05) is 22.3 Å². The van der Waals surface area contributed by atoms with Gasteiger partial charge in [-0.15, -0.1) is 11.3 Å². The standard InChI is InChI=1S/C13H15BrN2OS/c1-8-16-9(7-18-8)5-13(15)11-6-10(17-2)3-4-12(11)14/h3-4,6-7,13H,5,15H2,1-2H3. The number of thiazole rings is 1. The van der Waals surface area contributed by atoms with Crippen molar-refractivity contribution in [2.45, 2.75) is 19.4 Å². The third-order valence-corrected chi connectivity index (χ3v) is 4.24. The number of methoxy groups -OCH3 is 1. The molecule has 1 aromatic carbocycles. The molecule has 0 aliphatic heterocycles. The molecule has 2 aromatic rings. The van der Waals surface area contributed by atoms with Gasteiger partial charge in [0.05, 0.1) is 17.8 Å². The minimum absolute atomic E-state index is 0.0871. The maximum absolute atomic E-state index is 6.24.